The Morgan fingerprint density at radius 2 is 2.25 bits per heavy atom. The van der Waals surface area contributed by atoms with E-state index in [1.807, 2.05) is 0 Å². The van der Waals surface area contributed by atoms with Gasteiger partial charge in [-0.25, -0.2) is 4.79 Å². The van der Waals surface area contributed by atoms with Gasteiger partial charge in [0.15, 0.2) is 0 Å². The van der Waals surface area contributed by atoms with Gasteiger partial charge >= 0.3 is 5.97 Å². The normalized spacial score (nSPS) is 18.1. The second-order valence-electron chi connectivity index (χ2n) is 4.53. The van der Waals surface area contributed by atoms with E-state index in [0.29, 0.717) is 34.6 Å². The summed E-state index contributed by atoms with van der Waals surface area (Å²) in [5, 5.41) is 0.553. The molecule has 1 heterocycles. The van der Waals surface area contributed by atoms with Gasteiger partial charge in [-0.2, -0.15) is 0 Å². The fraction of sp³-hybridized carbons (Fsp3) is 0.429. The number of hydrogen-bond donors (Lipinski definition) is 0. The summed E-state index contributed by atoms with van der Waals surface area (Å²) in [5.74, 6) is -0.507. The first kappa shape index (κ1) is 15.3. The van der Waals surface area contributed by atoms with Crippen LogP contribution in [0.5, 0.6) is 0 Å². The number of benzene rings is 1. The number of carbonyl (C=O) groups excluding carboxylic acids is 2. The Kier molecular flexibility index (Phi) is 5.05. The largest absolute Gasteiger partial charge is 0.464 e. The van der Waals surface area contributed by atoms with Crippen LogP contribution in [-0.2, 0) is 9.53 Å². The molecule has 20 heavy (non-hydrogen) atoms. The number of nitrogens with zero attached hydrogens (tertiary/aromatic N) is 1. The highest BCUT2D eigenvalue weighted by Crippen LogP contribution is 2.26. The van der Waals surface area contributed by atoms with Crippen molar-refractivity contribution < 1.29 is 14.3 Å². The van der Waals surface area contributed by atoms with E-state index in [0.717, 1.165) is 6.42 Å². The van der Waals surface area contributed by atoms with Gasteiger partial charge in [0.05, 0.1) is 12.2 Å². The van der Waals surface area contributed by atoms with Crippen LogP contribution in [0, 0.1) is 0 Å². The number of carbonyl (C=O) groups is 2. The zero-order valence-corrected chi connectivity index (χ0v) is 13.4. The van der Waals surface area contributed by atoms with Crippen molar-refractivity contribution in [3.8, 4) is 0 Å². The first-order chi connectivity index (χ1) is 9.54. The number of halogens is 2. The molecule has 0 radical (unpaired) electrons. The number of ether oxygens (including phenoxy) is 1. The van der Waals surface area contributed by atoms with Crippen LogP contribution in [0.2, 0.25) is 5.02 Å². The van der Waals surface area contributed by atoms with Crippen molar-refractivity contribution in [2.24, 2.45) is 0 Å². The molecule has 1 amide bonds. The third-order valence-corrected chi connectivity index (χ3v) is 4.13. The lowest BCUT2D eigenvalue weighted by Crippen LogP contribution is -2.41. The van der Waals surface area contributed by atoms with Gasteiger partial charge in [-0.1, -0.05) is 11.6 Å². The molecule has 1 fully saturated rings. The van der Waals surface area contributed by atoms with E-state index in [-0.39, 0.29) is 11.9 Å². The minimum absolute atomic E-state index is 0.177. The highest BCUT2D eigenvalue weighted by Gasteiger charge is 2.36. The van der Waals surface area contributed by atoms with E-state index < -0.39 is 6.04 Å². The lowest BCUT2D eigenvalue weighted by molar-refractivity contribution is -0.147. The second kappa shape index (κ2) is 6.59. The first-order valence-corrected chi connectivity index (χ1v) is 7.64. The van der Waals surface area contributed by atoms with Crippen molar-refractivity contribution >= 4 is 39.4 Å². The van der Waals surface area contributed by atoms with Gasteiger partial charge in [0.25, 0.3) is 5.91 Å². The molecule has 1 aromatic carbocycles. The van der Waals surface area contributed by atoms with Gasteiger partial charge in [-0.05, 0) is 53.9 Å². The van der Waals surface area contributed by atoms with Crippen LogP contribution >= 0.6 is 27.5 Å². The lowest BCUT2D eigenvalue weighted by atomic mass is 10.1. The predicted molar refractivity (Wildman–Crippen MR) is 79.8 cm³/mol. The summed E-state index contributed by atoms with van der Waals surface area (Å²) in [6.45, 7) is 2.65. The standard InChI is InChI=1S/C14H15BrClNO3/c1-2-20-14(19)12-4-3-7-17(12)13(18)10-6-5-9(16)8-11(10)15/h5-6,8,12H,2-4,7H2,1H3. The van der Waals surface area contributed by atoms with Crippen LogP contribution in [0.3, 0.4) is 0 Å². The minimum atomic E-state index is -0.481. The molecule has 1 aliphatic heterocycles. The number of amides is 1. The highest BCUT2D eigenvalue weighted by atomic mass is 79.9. The molecule has 0 bridgehead atoms. The van der Waals surface area contributed by atoms with Gasteiger partial charge in [-0.15, -0.1) is 0 Å². The van der Waals surface area contributed by atoms with Crippen molar-refractivity contribution in [2.45, 2.75) is 25.8 Å². The molecule has 0 aromatic heterocycles. The molecule has 1 aliphatic rings. The lowest BCUT2D eigenvalue weighted by Gasteiger charge is -2.23. The van der Waals surface area contributed by atoms with E-state index in [1.54, 1.807) is 30.0 Å². The van der Waals surface area contributed by atoms with Crippen LogP contribution in [0.15, 0.2) is 22.7 Å². The Bertz CT molecular complexity index is 535. The zero-order chi connectivity index (χ0) is 14.7. The molecule has 0 spiro atoms. The Morgan fingerprint density at radius 3 is 2.90 bits per heavy atom. The predicted octanol–water partition coefficient (Wildman–Crippen LogP) is 3.27. The van der Waals surface area contributed by atoms with Crippen molar-refractivity contribution in [1.29, 1.82) is 0 Å². The van der Waals surface area contributed by atoms with Crippen molar-refractivity contribution in [3.63, 3.8) is 0 Å². The summed E-state index contributed by atoms with van der Waals surface area (Å²) in [5.41, 5.74) is 0.505. The van der Waals surface area contributed by atoms with E-state index in [2.05, 4.69) is 15.9 Å². The SMILES string of the molecule is CCOC(=O)C1CCCN1C(=O)c1ccc(Cl)cc1Br. The smallest absolute Gasteiger partial charge is 0.328 e. The maximum absolute atomic E-state index is 12.5. The number of likely N-dealkylation sites (tertiary alicyclic amines) is 1. The Hall–Kier alpha value is -1.07. The quantitative estimate of drug-likeness (QED) is 0.777. The third kappa shape index (κ3) is 3.15. The molecule has 0 N–H and O–H groups in total. The maximum atomic E-state index is 12.5. The second-order valence-corrected chi connectivity index (χ2v) is 5.82. The van der Waals surface area contributed by atoms with Crippen molar-refractivity contribution in [2.75, 3.05) is 13.2 Å². The van der Waals surface area contributed by atoms with Gasteiger partial charge < -0.3 is 9.64 Å². The number of esters is 1. The first-order valence-electron chi connectivity index (χ1n) is 6.47. The zero-order valence-electron chi connectivity index (χ0n) is 11.1. The summed E-state index contributed by atoms with van der Waals surface area (Å²) in [6.07, 6.45) is 1.45. The van der Waals surface area contributed by atoms with Gasteiger partial charge in [0, 0.05) is 16.0 Å². The average molecular weight is 361 g/mol. The van der Waals surface area contributed by atoms with Gasteiger partial charge in [0.1, 0.15) is 6.04 Å². The molecule has 0 aliphatic carbocycles. The van der Waals surface area contributed by atoms with Crippen LogP contribution < -0.4 is 0 Å². The van der Waals surface area contributed by atoms with Gasteiger partial charge in [-0.3, -0.25) is 4.79 Å². The highest BCUT2D eigenvalue weighted by molar-refractivity contribution is 9.10. The van der Waals surface area contributed by atoms with Crippen LogP contribution in [0.1, 0.15) is 30.1 Å². The fourth-order valence-electron chi connectivity index (χ4n) is 2.31. The molecule has 1 atom stereocenters. The molecule has 6 heteroatoms. The molecule has 2 rings (SSSR count). The van der Waals surface area contributed by atoms with Crippen LogP contribution in [0.25, 0.3) is 0 Å². The van der Waals surface area contributed by atoms with Crippen molar-refractivity contribution in [3.05, 3.63) is 33.3 Å². The van der Waals surface area contributed by atoms with E-state index >= 15 is 0 Å². The monoisotopic (exact) mass is 359 g/mol. The third-order valence-electron chi connectivity index (χ3n) is 3.23. The Labute approximate surface area is 131 Å². The van der Waals surface area contributed by atoms with Gasteiger partial charge in [0.2, 0.25) is 0 Å². The Morgan fingerprint density at radius 1 is 1.50 bits per heavy atom. The van der Waals surface area contributed by atoms with Crippen LogP contribution in [0.4, 0.5) is 0 Å². The van der Waals surface area contributed by atoms with E-state index in [9.17, 15) is 9.59 Å². The summed E-state index contributed by atoms with van der Waals surface area (Å²) < 4.78 is 5.65. The topological polar surface area (TPSA) is 46.6 Å². The molecular formula is C14H15BrClNO3. The summed E-state index contributed by atoms with van der Waals surface area (Å²) in [6, 6.07) is 4.51. The number of hydrogen-bond acceptors (Lipinski definition) is 3. The molecule has 1 unspecified atom stereocenters. The summed E-state index contributed by atoms with van der Waals surface area (Å²) in [4.78, 5) is 26.0. The molecule has 4 nitrogen and oxygen atoms in total. The Balaban J connectivity index is 2.21. The minimum Gasteiger partial charge on any atom is -0.464 e. The fourth-order valence-corrected chi connectivity index (χ4v) is 3.16. The molecule has 108 valence electrons. The molecule has 1 aromatic rings. The molecule has 0 saturated carbocycles. The van der Waals surface area contributed by atoms with E-state index in [4.69, 9.17) is 16.3 Å². The van der Waals surface area contributed by atoms with Crippen LogP contribution in [-0.4, -0.2) is 36.0 Å². The summed E-state index contributed by atoms with van der Waals surface area (Å²) in [7, 11) is 0. The van der Waals surface area contributed by atoms with Crippen molar-refractivity contribution in [1.82, 2.24) is 4.90 Å². The average Bonchev–Trinajstić information content (AvgIpc) is 2.87. The number of rotatable bonds is 3. The summed E-state index contributed by atoms with van der Waals surface area (Å²) >= 11 is 9.21. The molecular weight excluding hydrogens is 346 g/mol. The molecule has 1 saturated heterocycles. The van der Waals surface area contributed by atoms with E-state index in [1.165, 1.54) is 0 Å². The maximum Gasteiger partial charge on any atom is 0.328 e.